The Bertz CT molecular complexity index is 485. The molecule has 1 saturated carbocycles. The molecule has 1 aromatic rings. The van der Waals surface area contributed by atoms with Gasteiger partial charge in [0.2, 0.25) is 0 Å². The maximum Gasteiger partial charge on any atom is 0.255 e. The smallest absolute Gasteiger partial charge is 0.255 e. The van der Waals surface area contributed by atoms with Gasteiger partial charge in [0, 0.05) is 25.3 Å². The second-order valence-electron chi connectivity index (χ2n) is 6.26. The minimum absolute atomic E-state index is 0.166. The quantitative estimate of drug-likeness (QED) is 0.924. The average Bonchev–Trinajstić information content (AvgIpc) is 2.97. The van der Waals surface area contributed by atoms with Crippen LogP contribution in [0.3, 0.4) is 0 Å². The van der Waals surface area contributed by atoms with Gasteiger partial charge in [-0.15, -0.1) is 0 Å². The highest BCUT2D eigenvalue weighted by molar-refractivity contribution is 5.94. The molecule has 0 aromatic carbocycles. The van der Waals surface area contributed by atoms with E-state index in [1.165, 1.54) is 32.1 Å². The van der Waals surface area contributed by atoms with Crippen LogP contribution in [0.25, 0.3) is 0 Å². The number of rotatable bonds is 4. The van der Waals surface area contributed by atoms with Crippen LogP contribution in [0.15, 0.2) is 18.3 Å². The number of carbonyl (C=O) groups excluding carboxylic acids is 1. The highest BCUT2D eigenvalue weighted by Gasteiger charge is 2.38. The zero-order valence-corrected chi connectivity index (χ0v) is 12.8. The van der Waals surface area contributed by atoms with E-state index in [0.717, 1.165) is 36.8 Å². The van der Waals surface area contributed by atoms with E-state index in [0.29, 0.717) is 6.04 Å². The van der Waals surface area contributed by atoms with Crippen molar-refractivity contribution in [2.45, 2.75) is 51.5 Å². The van der Waals surface area contributed by atoms with Crippen LogP contribution in [0.2, 0.25) is 0 Å². The van der Waals surface area contributed by atoms with E-state index in [9.17, 15) is 4.79 Å². The highest BCUT2D eigenvalue weighted by atomic mass is 16.2. The molecule has 2 fully saturated rings. The SMILES string of the molecule is CCCNc1ccc(C(=O)N2CCC3CCCCC32)cn1. The Hall–Kier alpha value is -1.58. The van der Waals surface area contributed by atoms with Crippen LogP contribution in [0.1, 0.15) is 55.8 Å². The molecule has 0 bridgehead atoms. The van der Waals surface area contributed by atoms with Gasteiger partial charge in [-0.2, -0.15) is 0 Å². The van der Waals surface area contributed by atoms with E-state index in [1.807, 2.05) is 12.1 Å². The number of pyridine rings is 1. The molecule has 21 heavy (non-hydrogen) atoms. The summed E-state index contributed by atoms with van der Waals surface area (Å²) in [4.78, 5) is 19.1. The van der Waals surface area contributed by atoms with Gasteiger partial charge in [-0.05, 0) is 43.7 Å². The van der Waals surface area contributed by atoms with Crippen LogP contribution in [0.5, 0.6) is 0 Å². The van der Waals surface area contributed by atoms with Crippen molar-refractivity contribution in [1.29, 1.82) is 0 Å². The molecule has 114 valence electrons. The number of hydrogen-bond acceptors (Lipinski definition) is 3. The summed E-state index contributed by atoms with van der Waals surface area (Å²) in [6, 6.07) is 4.30. The summed E-state index contributed by atoms with van der Waals surface area (Å²) in [5, 5.41) is 3.24. The molecule has 1 aliphatic heterocycles. The van der Waals surface area contributed by atoms with Crippen molar-refractivity contribution in [3.63, 3.8) is 0 Å². The number of nitrogens with one attached hydrogen (secondary N) is 1. The van der Waals surface area contributed by atoms with Gasteiger partial charge in [0.1, 0.15) is 5.82 Å². The number of aromatic nitrogens is 1. The van der Waals surface area contributed by atoms with E-state index in [2.05, 4.69) is 22.1 Å². The summed E-state index contributed by atoms with van der Waals surface area (Å²) in [5.74, 6) is 1.76. The number of amides is 1. The Morgan fingerprint density at radius 2 is 2.19 bits per heavy atom. The standard InChI is InChI=1S/C17H25N3O/c1-2-10-18-16-8-7-14(12-19-16)17(21)20-11-9-13-5-3-4-6-15(13)20/h7-8,12-13,15H,2-6,9-11H2,1H3,(H,18,19). The molecule has 2 aliphatic rings. The van der Waals surface area contributed by atoms with E-state index in [-0.39, 0.29) is 5.91 Å². The first kappa shape index (κ1) is 14.4. The lowest BCUT2D eigenvalue weighted by Gasteiger charge is -2.31. The first-order chi connectivity index (χ1) is 10.3. The van der Waals surface area contributed by atoms with Gasteiger partial charge in [0.05, 0.1) is 5.56 Å². The number of likely N-dealkylation sites (tertiary alicyclic amines) is 1. The van der Waals surface area contributed by atoms with Crippen molar-refractivity contribution in [2.75, 3.05) is 18.4 Å². The maximum atomic E-state index is 12.7. The predicted molar refractivity (Wildman–Crippen MR) is 84.4 cm³/mol. The van der Waals surface area contributed by atoms with Gasteiger partial charge in [-0.1, -0.05) is 19.8 Å². The van der Waals surface area contributed by atoms with Gasteiger partial charge in [0.25, 0.3) is 5.91 Å². The number of nitrogens with zero attached hydrogens (tertiary/aromatic N) is 2. The molecule has 1 N–H and O–H groups in total. The Kier molecular flexibility index (Phi) is 4.42. The van der Waals surface area contributed by atoms with Crippen molar-refractivity contribution in [1.82, 2.24) is 9.88 Å². The number of anilines is 1. The van der Waals surface area contributed by atoms with Crippen LogP contribution in [-0.2, 0) is 0 Å². The summed E-state index contributed by atoms with van der Waals surface area (Å²) < 4.78 is 0. The van der Waals surface area contributed by atoms with E-state index >= 15 is 0 Å². The molecule has 1 aromatic heterocycles. The number of fused-ring (bicyclic) bond motifs is 1. The van der Waals surface area contributed by atoms with Crippen molar-refractivity contribution in [2.24, 2.45) is 5.92 Å². The van der Waals surface area contributed by atoms with E-state index in [1.54, 1.807) is 6.20 Å². The Morgan fingerprint density at radius 1 is 1.33 bits per heavy atom. The van der Waals surface area contributed by atoms with Crippen LogP contribution in [-0.4, -0.2) is 34.9 Å². The molecular formula is C17H25N3O. The Balaban J connectivity index is 1.67. The Labute approximate surface area is 126 Å². The van der Waals surface area contributed by atoms with E-state index < -0.39 is 0 Å². The largest absolute Gasteiger partial charge is 0.370 e. The molecule has 2 unspecified atom stereocenters. The average molecular weight is 287 g/mol. The summed E-state index contributed by atoms with van der Waals surface area (Å²) in [6.45, 7) is 3.96. The van der Waals surface area contributed by atoms with Crippen molar-refractivity contribution in [3.05, 3.63) is 23.9 Å². The summed E-state index contributed by atoms with van der Waals surface area (Å²) in [6.07, 6.45) is 9.05. The molecule has 1 saturated heterocycles. The lowest BCUT2D eigenvalue weighted by atomic mass is 9.85. The third kappa shape index (κ3) is 3.04. The van der Waals surface area contributed by atoms with Gasteiger partial charge >= 0.3 is 0 Å². The third-order valence-corrected chi connectivity index (χ3v) is 4.84. The highest BCUT2D eigenvalue weighted by Crippen LogP contribution is 2.36. The molecule has 4 heteroatoms. The van der Waals surface area contributed by atoms with Crippen molar-refractivity contribution in [3.8, 4) is 0 Å². The first-order valence-corrected chi connectivity index (χ1v) is 8.30. The fraction of sp³-hybridized carbons (Fsp3) is 0.647. The maximum absolute atomic E-state index is 12.7. The summed E-state index contributed by atoms with van der Waals surface area (Å²) >= 11 is 0. The van der Waals surface area contributed by atoms with Gasteiger partial charge in [-0.25, -0.2) is 4.98 Å². The molecule has 2 heterocycles. The lowest BCUT2D eigenvalue weighted by molar-refractivity contribution is 0.0689. The molecule has 0 radical (unpaired) electrons. The molecular weight excluding hydrogens is 262 g/mol. The fourth-order valence-electron chi connectivity index (χ4n) is 3.70. The summed E-state index contributed by atoms with van der Waals surface area (Å²) in [7, 11) is 0. The molecule has 3 rings (SSSR count). The lowest BCUT2D eigenvalue weighted by Crippen LogP contribution is -2.39. The van der Waals surface area contributed by atoms with Crippen LogP contribution < -0.4 is 5.32 Å². The van der Waals surface area contributed by atoms with Gasteiger partial charge in [0.15, 0.2) is 0 Å². The second kappa shape index (κ2) is 6.46. The minimum Gasteiger partial charge on any atom is -0.370 e. The third-order valence-electron chi connectivity index (χ3n) is 4.84. The zero-order chi connectivity index (χ0) is 14.7. The van der Waals surface area contributed by atoms with Crippen molar-refractivity contribution >= 4 is 11.7 Å². The van der Waals surface area contributed by atoms with Gasteiger partial charge in [-0.3, -0.25) is 4.79 Å². The fourth-order valence-corrected chi connectivity index (χ4v) is 3.70. The zero-order valence-electron chi connectivity index (χ0n) is 12.8. The molecule has 1 aliphatic carbocycles. The van der Waals surface area contributed by atoms with Gasteiger partial charge < -0.3 is 10.2 Å². The number of hydrogen-bond donors (Lipinski definition) is 1. The van der Waals surface area contributed by atoms with Crippen LogP contribution in [0, 0.1) is 5.92 Å². The first-order valence-electron chi connectivity index (χ1n) is 8.30. The number of carbonyl (C=O) groups is 1. The topological polar surface area (TPSA) is 45.2 Å². The monoisotopic (exact) mass is 287 g/mol. The van der Waals surface area contributed by atoms with E-state index in [4.69, 9.17) is 0 Å². The predicted octanol–water partition coefficient (Wildman–Crippen LogP) is 3.31. The molecule has 4 nitrogen and oxygen atoms in total. The van der Waals surface area contributed by atoms with Crippen LogP contribution >= 0.6 is 0 Å². The summed E-state index contributed by atoms with van der Waals surface area (Å²) in [5.41, 5.74) is 0.725. The van der Waals surface area contributed by atoms with Crippen LogP contribution in [0.4, 0.5) is 5.82 Å². The Morgan fingerprint density at radius 3 is 2.95 bits per heavy atom. The molecule has 0 spiro atoms. The van der Waals surface area contributed by atoms with Crippen molar-refractivity contribution < 1.29 is 4.79 Å². The second-order valence-corrected chi connectivity index (χ2v) is 6.26. The minimum atomic E-state index is 0.166. The molecule has 1 amide bonds. The normalized spacial score (nSPS) is 24.7. The molecule has 2 atom stereocenters.